The molecule has 0 spiro atoms. The molecule has 0 aliphatic rings. The standard InChI is InChI=1S/C5H6FN3/c6-5-3-4(9-7)1-2-8-5/h1-3H,7H2,(H,8,9). The largest absolute Gasteiger partial charge is 0.324 e. The van der Waals surface area contributed by atoms with Crippen LogP contribution in [0.5, 0.6) is 0 Å². The molecular weight excluding hydrogens is 121 g/mol. The summed E-state index contributed by atoms with van der Waals surface area (Å²) in [6, 6.07) is 2.78. The highest BCUT2D eigenvalue weighted by Gasteiger charge is 1.90. The van der Waals surface area contributed by atoms with Gasteiger partial charge in [0.05, 0.1) is 5.69 Å². The van der Waals surface area contributed by atoms with Crippen LogP contribution >= 0.6 is 0 Å². The maximum Gasteiger partial charge on any atom is 0.214 e. The second-order valence-corrected chi connectivity index (χ2v) is 1.51. The predicted molar refractivity (Wildman–Crippen MR) is 32.0 cm³/mol. The Kier molecular flexibility index (Phi) is 1.60. The molecule has 0 bridgehead atoms. The van der Waals surface area contributed by atoms with Gasteiger partial charge in [-0.05, 0) is 6.07 Å². The summed E-state index contributed by atoms with van der Waals surface area (Å²) in [5.41, 5.74) is 2.80. The molecule has 0 atom stereocenters. The van der Waals surface area contributed by atoms with Crippen LogP contribution in [0.4, 0.5) is 10.1 Å². The van der Waals surface area contributed by atoms with Gasteiger partial charge < -0.3 is 5.43 Å². The van der Waals surface area contributed by atoms with Crippen LogP contribution in [0.25, 0.3) is 0 Å². The maximum atomic E-state index is 12.1. The highest BCUT2D eigenvalue weighted by Crippen LogP contribution is 2.02. The summed E-state index contributed by atoms with van der Waals surface area (Å²) >= 11 is 0. The number of nitrogens with zero attached hydrogens (tertiary/aromatic N) is 1. The van der Waals surface area contributed by atoms with E-state index >= 15 is 0 Å². The van der Waals surface area contributed by atoms with E-state index in [9.17, 15) is 4.39 Å². The second kappa shape index (κ2) is 2.41. The number of hydrogen-bond donors (Lipinski definition) is 2. The van der Waals surface area contributed by atoms with Crippen LogP contribution in [-0.2, 0) is 0 Å². The Morgan fingerprint density at radius 3 is 2.89 bits per heavy atom. The first-order valence-corrected chi connectivity index (χ1v) is 2.41. The van der Waals surface area contributed by atoms with Crippen LogP contribution in [0.2, 0.25) is 0 Å². The summed E-state index contributed by atoms with van der Waals surface area (Å²) in [5.74, 6) is 4.44. The van der Waals surface area contributed by atoms with Crippen molar-refractivity contribution in [2.24, 2.45) is 5.84 Å². The molecule has 9 heavy (non-hydrogen) atoms. The van der Waals surface area contributed by atoms with Crippen LogP contribution in [0.15, 0.2) is 18.3 Å². The van der Waals surface area contributed by atoms with Crippen molar-refractivity contribution in [1.82, 2.24) is 4.98 Å². The number of hydrogen-bond acceptors (Lipinski definition) is 3. The maximum absolute atomic E-state index is 12.1. The SMILES string of the molecule is NNc1ccnc(F)c1. The second-order valence-electron chi connectivity index (χ2n) is 1.51. The number of rotatable bonds is 1. The van der Waals surface area contributed by atoms with Crippen LogP contribution in [0.3, 0.4) is 0 Å². The van der Waals surface area contributed by atoms with Gasteiger partial charge in [-0.25, -0.2) is 4.98 Å². The minimum absolute atomic E-state index is 0.516. The monoisotopic (exact) mass is 127 g/mol. The minimum atomic E-state index is -0.537. The molecule has 0 radical (unpaired) electrons. The number of nitrogens with one attached hydrogen (secondary N) is 1. The molecule has 4 heteroatoms. The van der Waals surface area contributed by atoms with Gasteiger partial charge >= 0.3 is 0 Å². The molecule has 0 amide bonds. The first-order valence-electron chi connectivity index (χ1n) is 2.41. The van der Waals surface area contributed by atoms with Gasteiger partial charge in [0, 0.05) is 12.3 Å². The zero-order chi connectivity index (χ0) is 6.69. The molecule has 1 rings (SSSR count). The molecule has 0 aliphatic heterocycles. The number of pyridine rings is 1. The smallest absolute Gasteiger partial charge is 0.214 e. The lowest BCUT2D eigenvalue weighted by Crippen LogP contribution is -2.06. The van der Waals surface area contributed by atoms with Crippen molar-refractivity contribution >= 4 is 5.69 Å². The molecular formula is C5H6FN3. The van der Waals surface area contributed by atoms with Gasteiger partial charge in [-0.1, -0.05) is 0 Å². The van der Waals surface area contributed by atoms with Gasteiger partial charge in [-0.15, -0.1) is 0 Å². The Hall–Kier alpha value is -1.16. The summed E-state index contributed by atoms with van der Waals surface area (Å²) < 4.78 is 12.1. The van der Waals surface area contributed by atoms with Gasteiger partial charge in [0.1, 0.15) is 0 Å². The molecule has 3 nitrogen and oxygen atoms in total. The third-order valence-electron chi connectivity index (χ3n) is 0.893. The van der Waals surface area contributed by atoms with Gasteiger partial charge in [-0.2, -0.15) is 4.39 Å². The molecule has 0 unspecified atom stereocenters. The summed E-state index contributed by atoms with van der Waals surface area (Å²) in [5, 5.41) is 0. The quantitative estimate of drug-likeness (QED) is 0.328. The Bertz CT molecular complexity index is 201. The van der Waals surface area contributed by atoms with E-state index < -0.39 is 5.95 Å². The first-order chi connectivity index (χ1) is 4.33. The first kappa shape index (κ1) is 5.97. The van der Waals surface area contributed by atoms with Crippen molar-refractivity contribution in [2.45, 2.75) is 0 Å². The average molecular weight is 127 g/mol. The topological polar surface area (TPSA) is 50.9 Å². The van der Waals surface area contributed by atoms with Crippen LogP contribution in [0, 0.1) is 5.95 Å². The van der Waals surface area contributed by atoms with Crippen molar-refractivity contribution in [3.8, 4) is 0 Å². The molecule has 48 valence electrons. The normalized spacial score (nSPS) is 9.11. The number of halogens is 1. The Morgan fingerprint density at radius 2 is 2.44 bits per heavy atom. The number of anilines is 1. The minimum Gasteiger partial charge on any atom is -0.324 e. The molecule has 3 N–H and O–H groups in total. The van der Waals surface area contributed by atoms with Crippen molar-refractivity contribution in [3.05, 3.63) is 24.3 Å². The van der Waals surface area contributed by atoms with Crippen molar-refractivity contribution < 1.29 is 4.39 Å². The Labute approximate surface area is 51.7 Å². The third kappa shape index (κ3) is 1.36. The van der Waals surface area contributed by atoms with Crippen molar-refractivity contribution in [2.75, 3.05) is 5.43 Å². The molecule has 1 aromatic rings. The summed E-state index contributed by atoms with van der Waals surface area (Å²) in [6.07, 6.45) is 1.34. The number of nitrogens with two attached hydrogens (primary N) is 1. The van der Waals surface area contributed by atoms with Gasteiger partial charge in [0.2, 0.25) is 5.95 Å². The third-order valence-corrected chi connectivity index (χ3v) is 0.893. The lowest BCUT2D eigenvalue weighted by Gasteiger charge is -1.95. The number of nitrogen functional groups attached to an aromatic ring is 1. The van der Waals surface area contributed by atoms with E-state index in [0.29, 0.717) is 5.69 Å². The van der Waals surface area contributed by atoms with E-state index in [-0.39, 0.29) is 0 Å². The average Bonchev–Trinajstić information content (AvgIpc) is 1.88. The fourth-order valence-electron chi connectivity index (χ4n) is 0.492. The lowest BCUT2D eigenvalue weighted by molar-refractivity contribution is 0.584. The lowest BCUT2D eigenvalue weighted by atomic mass is 10.4. The van der Waals surface area contributed by atoms with Crippen LogP contribution < -0.4 is 11.3 Å². The van der Waals surface area contributed by atoms with Gasteiger partial charge in [0.15, 0.2) is 0 Å². The summed E-state index contributed by atoms with van der Waals surface area (Å²) in [4.78, 5) is 3.33. The zero-order valence-electron chi connectivity index (χ0n) is 4.63. The number of hydrazine groups is 1. The zero-order valence-corrected chi connectivity index (χ0v) is 4.63. The summed E-state index contributed by atoms with van der Waals surface area (Å²) in [6.45, 7) is 0. The molecule has 0 aliphatic carbocycles. The fourth-order valence-corrected chi connectivity index (χ4v) is 0.492. The van der Waals surface area contributed by atoms with E-state index in [0.717, 1.165) is 0 Å². The van der Waals surface area contributed by atoms with E-state index in [1.807, 2.05) is 0 Å². The molecule has 0 aromatic carbocycles. The molecule has 0 saturated carbocycles. The van der Waals surface area contributed by atoms with Crippen LogP contribution in [-0.4, -0.2) is 4.98 Å². The van der Waals surface area contributed by atoms with Crippen LogP contribution in [0.1, 0.15) is 0 Å². The highest BCUT2D eigenvalue weighted by atomic mass is 19.1. The van der Waals surface area contributed by atoms with Gasteiger partial charge in [-0.3, -0.25) is 5.84 Å². The van der Waals surface area contributed by atoms with Gasteiger partial charge in [0.25, 0.3) is 0 Å². The Morgan fingerprint density at radius 1 is 1.67 bits per heavy atom. The Balaban J connectivity index is 2.94. The predicted octanol–water partition coefficient (Wildman–Crippen LogP) is 0.506. The molecule has 0 fully saturated rings. The van der Waals surface area contributed by atoms with E-state index in [1.54, 1.807) is 6.07 Å². The molecule has 1 heterocycles. The summed E-state index contributed by atoms with van der Waals surface area (Å²) in [7, 11) is 0. The van der Waals surface area contributed by atoms with Crippen molar-refractivity contribution in [1.29, 1.82) is 0 Å². The molecule has 0 saturated heterocycles. The fraction of sp³-hybridized carbons (Fsp3) is 0. The van der Waals surface area contributed by atoms with Crippen molar-refractivity contribution in [3.63, 3.8) is 0 Å². The molecule has 1 aromatic heterocycles. The van der Waals surface area contributed by atoms with E-state index in [2.05, 4.69) is 10.4 Å². The van der Waals surface area contributed by atoms with E-state index in [1.165, 1.54) is 12.3 Å². The van der Waals surface area contributed by atoms with E-state index in [4.69, 9.17) is 5.84 Å². The highest BCUT2D eigenvalue weighted by molar-refractivity contribution is 5.39. The number of aromatic nitrogens is 1.